The van der Waals surface area contributed by atoms with Crippen LogP contribution in [0.4, 0.5) is 0 Å². The van der Waals surface area contributed by atoms with Crippen LogP contribution in [0.1, 0.15) is 44.1 Å². The zero-order valence-corrected chi connectivity index (χ0v) is 17.9. The van der Waals surface area contributed by atoms with Crippen molar-refractivity contribution in [2.24, 2.45) is 4.99 Å². The molecule has 0 atom stereocenters. The molecule has 1 aromatic carbocycles. The van der Waals surface area contributed by atoms with Gasteiger partial charge in [0.25, 0.3) is 0 Å². The maximum Gasteiger partial charge on any atom is 0.222 e. The minimum atomic E-state index is 0. The second-order valence-corrected chi connectivity index (χ2v) is 6.30. The summed E-state index contributed by atoms with van der Waals surface area (Å²) in [6.07, 6.45) is 8.97. The molecule has 1 amide bonds. The molecule has 0 unspecified atom stereocenters. The Morgan fingerprint density at radius 3 is 2.54 bits per heavy atom. The number of rotatable bonds is 8. The van der Waals surface area contributed by atoms with Gasteiger partial charge < -0.3 is 16.0 Å². The summed E-state index contributed by atoms with van der Waals surface area (Å²) in [6.45, 7) is 2.02. The molecule has 0 fully saturated rings. The molecule has 1 aromatic rings. The highest BCUT2D eigenvalue weighted by Crippen LogP contribution is 2.19. The molecule has 2 rings (SSSR count). The summed E-state index contributed by atoms with van der Waals surface area (Å²) in [6, 6.07) is 9.93. The van der Waals surface area contributed by atoms with E-state index in [4.69, 9.17) is 0 Å². The maximum absolute atomic E-state index is 11.9. The average Bonchev–Trinajstić information content (AvgIpc) is 2.67. The van der Waals surface area contributed by atoms with E-state index in [1.165, 1.54) is 25.7 Å². The maximum atomic E-state index is 11.9. The molecular formula is C20H31IN4O. The first-order chi connectivity index (χ1) is 12.3. The molecule has 0 saturated heterocycles. The lowest BCUT2D eigenvalue weighted by molar-refractivity contribution is -0.121. The third kappa shape index (κ3) is 9.22. The van der Waals surface area contributed by atoms with Gasteiger partial charge in [-0.05, 0) is 37.7 Å². The number of carbonyl (C=O) groups is 1. The molecule has 26 heavy (non-hydrogen) atoms. The van der Waals surface area contributed by atoms with Gasteiger partial charge in [-0.1, -0.05) is 42.0 Å². The van der Waals surface area contributed by atoms with Crippen LogP contribution in [0, 0.1) is 0 Å². The number of carbonyl (C=O) groups excluding carboxylic acids is 1. The number of hydrogen-bond donors (Lipinski definition) is 3. The number of allylic oxidation sites excluding steroid dienone is 1. The molecule has 144 valence electrons. The highest BCUT2D eigenvalue weighted by atomic mass is 127. The van der Waals surface area contributed by atoms with Crippen molar-refractivity contribution in [2.45, 2.75) is 45.1 Å². The van der Waals surface area contributed by atoms with Crippen LogP contribution in [0.2, 0.25) is 0 Å². The van der Waals surface area contributed by atoms with Crippen LogP contribution < -0.4 is 16.0 Å². The molecule has 0 radical (unpaired) electrons. The quantitative estimate of drug-likeness (QED) is 0.236. The van der Waals surface area contributed by atoms with Crippen LogP contribution in [0.25, 0.3) is 0 Å². The molecule has 1 aliphatic rings. The highest BCUT2D eigenvalue weighted by Gasteiger charge is 2.05. The molecule has 0 aliphatic heterocycles. The fraction of sp³-hybridized carbons (Fsp3) is 0.500. The number of benzene rings is 1. The lowest BCUT2D eigenvalue weighted by atomic mass is 9.97. The lowest BCUT2D eigenvalue weighted by Gasteiger charge is -2.15. The van der Waals surface area contributed by atoms with E-state index in [1.807, 2.05) is 30.3 Å². The Hall–Kier alpha value is -1.57. The molecule has 5 nitrogen and oxygen atoms in total. The predicted molar refractivity (Wildman–Crippen MR) is 119 cm³/mol. The predicted octanol–water partition coefficient (Wildman–Crippen LogP) is 3.37. The van der Waals surface area contributed by atoms with Crippen LogP contribution in [-0.2, 0) is 11.3 Å². The number of nitrogens with zero attached hydrogens (tertiary/aromatic N) is 1. The normalized spacial score (nSPS) is 14.0. The van der Waals surface area contributed by atoms with Crippen molar-refractivity contribution in [2.75, 3.05) is 20.1 Å². The highest BCUT2D eigenvalue weighted by molar-refractivity contribution is 14.0. The summed E-state index contributed by atoms with van der Waals surface area (Å²) in [5.74, 6) is 0.798. The molecule has 0 heterocycles. The molecule has 0 saturated carbocycles. The van der Waals surface area contributed by atoms with E-state index in [-0.39, 0.29) is 29.9 Å². The van der Waals surface area contributed by atoms with Crippen molar-refractivity contribution in [1.82, 2.24) is 16.0 Å². The van der Waals surface area contributed by atoms with E-state index in [2.05, 4.69) is 27.0 Å². The summed E-state index contributed by atoms with van der Waals surface area (Å²) in [5, 5.41) is 9.44. The number of guanidine groups is 1. The van der Waals surface area contributed by atoms with Gasteiger partial charge in [0.1, 0.15) is 0 Å². The van der Waals surface area contributed by atoms with Gasteiger partial charge in [0.05, 0.1) is 0 Å². The largest absolute Gasteiger partial charge is 0.356 e. The van der Waals surface area contributed by atoms with Crippen LogP contribution in [0.15, 0.2) is 47.0 Å². The van der Waals surface area contributed by atoms with E-state index in [9.17, 15) is 4.79 Å². The van der Waals surface area contributed by atoms with E-state index < -0.39 is 0 Å². The molecule has 0 bridgehead atoms. The average molecular weight is 470 g/mol. The van der Waals surface area contributed by atoms with Crippen molar-refractivity contribution in [3.63, 3.8) is 0 Å². The number of hydrogen-bond acceptors (Lipinski definition) is 2. The number of aliphatic imine (C=N–C) groups is 1. The van der Waals surface area contributed by atoms with E-state index in [0.29, 0.717) is 19.5 Å². The van der Waals surface area contributed by atoms with Gasteiger partial charge in [-0.2, -0.15) is 0 Å². The summed E-state index contributed by atoms with van der Waals surface area (Å²) in [5.41, 5.74) is 2.66. The summed E-state index contributed by atoms with van der Waals surface area (Å²) >= 11 is 0. The summed E-state index contributed by atoms with van der Waals surface area (Å²) in [4.78, 5) is 16.1. The first-order valence-corrected chi connectivity index (χ1v) is 9.21. The Morgan fingerprint density at radius 2 is 1.85 bits per heavy atom. The lowest BCUT2D eigenvalue weighted by Crippen LogP contribution is -2.39. The van der Waals surface area contributed by atoms with Gasteiger partial charge in [0, 0.05) is 33.1 Å². The Morgan fingerprint density at radius 1 is 1.08 bits per heavy atom. The second kappa shape index (κ2) is 13.6. The first-order valence-electron chi connectivity index (χ1n) is 9.21. The van der Waals surface area contributed by atoms with Crippen molar-refractivity contribution in [1.29, 1.82) is 0 Å². The SMILES string of the molecule is CN=C(NCCC(=O)NCc1ccccc1)NCCC1=CCCCC1.I. The van der Waals surface area contributed by atoms with Crippen LogP contribution in [0.5, 0.6) is 0 Å². The molecule has 6 heteroatoms. The molecule has 1 aliphatic carbocycles. The van der Waals surface area contributed by atoms with Crippen molar-refractivity contribution >= 4 is 35.8 Å². The third-order valence-electron chi connectivity index (χ3n) is 4.32. The van der Waals surface area contributed by atoms with Crippen molar-refractivity contribution in [3.05, 3.63) is 47.5 Å². The Kier molecular flexibility index (Phi) is 11.8. The molecule has 0 aromatic heterocycles. The van der Waals surface area contributed by atoms with E-state index >= 15 is 0 Å². The fourth-order valence-electron chi connectivity index (χ4n) is 2.87. The summed E-state index contributed by atoms with van der Waals surface area (Å²) < 4.78 is 0. The summed E-state index contributed by atoms with van der Waals surface area (Å²) in [7, 11) is 1.75. The van der Waals surface area contributed by atoms with Crippen molar-refractivity contribution < 1.29 is 4.79 Å². The zero-order chi connectivity index (χ0) is 17.7. The van der Waals surface area contributed by atoms with E-state index in [1.54, 1.807) is 12.6 Å². The fourth-order valence-corrected chi connectivity index (χ4v) is 2.87. The van der Waals surface area contributed by atoms with Crippen molar-refractivity contribution in [3.8, 4) is 0 Å². The minimum absolute atomic E-state index is 0. The number of amides is 1. The monoisotopic (exact) mass is 470 g/mol. The number of halogens is 1. The standard InChI is InChI=1S/C20H30N4O.HI/c1-21-20(22-14-12-17-8-4-2-5-9-17)23-15-13-19(25)24-16-18-10-6-3-7-11-18;/h3,6-8,10-11H,2,4-5,9,12-16H2,1H3,(H,24,25)(H2,21,22,23);1H. The van der Waals surface area contributed by atoms with Gasteiger partial charge >= 0.3 is 0 Å². The van der Waals surface area contributed by atoms with E-state index in [0.717, 1.165) is 24.5 Å². The Balaban J connectivity index is 0.00000338. The zero-order valence-electron chi connectivity index (χ0n) is 15.6. The molecule has 0 spiro atoms. The van der Waals surface area contributed by atoms with Gasteiger partial charge in [-0.15, -0.1) is 24.0 Å². The minimum Gasteiger partial charge on any atom is -0.356 e. The Bertz CT molecular complexity index is 587. The van der Waals surface area contributed by atoms with Gasteiger partial charge in [-0.25, -0.2) is 0 Å². The number of nitrogens with one attached hydrogen (secondary N) is 3. The topological polar surface area (TPSA) is 65.5 Å². The first kappa shape index (κ1) is 22.5. The van der Waals surface area contributed by atoms with Crippen LogP contribution in [-0.4, -0.2) is 32.0 Å². The molecule has 3 N–H and O–H groups in total. The molecular weight excluding hydrogens is 439 g/mol. The van der Waals surface area contributed by atoms with Gasteiger partial charge in [-0.3, -0.25) is 9.79 Å². The third-order valence-corrected chi connectivity index (χ3v) is 4.32. The van der Waals surface area contributed by atoms with Gasteiger partial charge in [0.15, 0.2) is 5.96 Å². The Labute approximate surface area is 174 Å². The second-order valence-electron chi connectivity index (χ2n) is 6.30. The van der Waals surface area contributed by atoms with Crippen LogP contribution >= 0.6 is 24.0 Å². The smallest absolute Gasteiger partial charge is 0.222 e. The van der Waals surface area contributed by atoms with Gasteiger partial charge in [0.2, 0.25) is 5.91 Å². The van der Waals surface area contributed by atoms with Crippen LogP contribution in [0.3, 0.4) is 0 Å².